The lowest BCUT2D eigenvalue weighted by molar-refractivity contribution is 0.627. The standard InChI is InChI=1S/C11H10FN/c1-8-6-10(12)2-3-11(8)9-4-5-13-7-9/h2-7,13H,1H3. The quantitative estimate of drug-likeness (QED) is 0.685. The minimum Gasteiger partial charge on any atom is -0.367 e. The Morgan fingerprint density at radius 2 is 2.08 bits per heavy atom. The van der Waals surface area contributed by atoms with E-state index in [1.807, 2.05) is 25.4 Å². The van der Waals surface area contributed by atoms with Crippen LogP contribution >= 0.6 is 0 Å². The highest BCUT2D eigenvalue weighted by atomic mass is 19.1. The van der Waals surface area contributed by atoms with Gasteiger partial charge in [-0.15, -0.1) is 0 Å². The summed E-state index contributed by atoms with van der Waals surface area (Å²) in [7, 11) is 0. The van der Waals surface area contributed by atoms with Gasteiger partial charge in [0, 0.05) is 12.4 Å². The van der Waals surface area contributed by atoms with Gasteiger partial charge >= 0.3 is 0 Å². The lowest BCUT2D eigenvalue weighted by Gasteiger charge is -2.02. The fourth-order valence-corrected chi connectivity index (χ4v) is 1.44. The Morgan fingerprint density at radius 3 is 2.69 bits per heavy atom. The van der Waals surface area contributed by atoms with Crippen LogP contribution in [0.5, 0.6) is 0 Å². The SMILES string of the molecule is Cc1cc(F)ccc1-c1cc[nH]c1. The van der Waals surface area contributed by atoms with E-state index >= 15 is 0 Å². The maximum absolute atomic E-state index is 12.8. The Hall–Kier alpha value is -1.57. The number of H-pyrrole nitrogens is 1. The highest BCUT2D eigenvalue weighted by Gasteiger charge is 2.02. The number of benzene rings is 1. The fourth-order valence-electron chi connectivity index (χ4n) is 1.44. The number of halogens is 1. The summed E-state index contributed by atoms with van der Waals surface area (Å²) in [5, 5.41) is 0. The topological polar surface area (TPSA) is 15.8 Å². The molecule has 1 heterocycles. The maximum Gasteiger partial charge on any atom is 0.123 e. The summed E-state index contributed by atoms with van der Waals surface area (Å²) in [4.78, 5) is 2.98. The molecule has 1 nitrogen and oxygen atoms in total. The van der Waals surface area contributed by atoms with Gasteiger partial charge in [-0.2, -0.15) is 0 Å². The van der Waals surface area contributed by atoms with E-state index in [-0.39, 0.29) is 5.82 Å². The molecule has 0 aliphatic carbocycles. The maximum atomic E-state index is 12.8. The molecule has 0 saturated carbocycles. The van der Waals surface area contributed by atoms with Crippen LogP contribution in [0, 0.1) is 12.7 Å². The van der Waals surface area contributed by atoms with Crippen LogP contribution in [-0.4, -0.2) is 4.98 Å². The Morgan fingerprint density at radius 1 is 1.23 bits per heavy atom. The van der Waals surface area contributed by atoms with E-state index in [1.54, 1.807) is 12.1 Å². The number of aromatic nitrogens is 1. The molecule has 1 aromatic heterocycles. The summed E-state index contributed by atoms with van der Waals surface area (Å²) < 4.78 is 12.8. The zero-order valence-corrected chi connectivity index (χ0v) is 7.34. The monoisotopic (exact) mass is 175 g/mol. The predicted molar refractivity (Wildman–Crippen MR) is 50.9 cm³/mol. The number of hydrogen-bond acceptors (Lipinski definition) is 0. The van der Waals surface area contributed by atoms with Gasteiger partial charge in [0.2, 0.25) is 0 Å². The van der Waals surface area contributed by atoms with Crippen LogP contribution in [0.2, 0.25) is 0 Å². The second-order valence-electron chi connectivity index (χ2n) is 3.06. The van der Waals surface area contributed by atoms with E-state index in [2.05, 4.69) is 4.98 Å². The van der Waals surface area contributed by atoms with Gasteiger partial charge in [0.25, 0.3) is 0 Å². The Kier molecular flexibility index (Phi) is 1.89. The van der Waals surface area contributed by atoms with Crippen LogP contribution in [-0.2, 0) is 0 Å². The highest BCUT2D eigenvalue weighted by Crippen LogP contribution is 2.22. The van der Waals surface area contributed by atoms with Crippen molar-refractivity contribution in [1.29, 1.82) is 0 Å². The molecule has 0 amide bonds. The van der Waals surface area contributed by atoms with Crippen molar-refractivity contribution in [3.05, 3.63) is 48.0 Å². The van der Waals surface area contributed by atoms with Gasteiger partial charge in [-0.3, -0.25) is 0 Å². The molecular formula is C11H10FN. The molecule has 2 rings (SSSR count). The molecule has 1 aromatic carbocycles. The van der Waals surface area contributed by atoms with Gasteiger partial charge in [0.15, 0.2) is 0 Å². The molecule has 0 aliphatic heterocycles. The first-order valence-corrected chi connectivity index (χ1v) is 4.17. The zero-order valence-electron chi connectivity index (χ0n) is 7.34. The molecule has 1 N–H and O–H groups in total. The van der Waals surface area contributed by atoms with Gasteiger partial charge in [0.05, 0.1) is 0 Å². The van der Waals surface area contributed by atoms with Gasteiger partial charge in [-0.25, -0.2) is 4.39 Å². The van der Waals surface area contributed by atoms with Gasteiger partial charge in [-0.05, 0) is 41.8 Å². The van der Waals surface area contributed by atoms with Crippen molar-refractivity contribution < 1.29 is 4.39 Å². The van der Waals surface area contributed by atoms with E-state index in [0.29, 0.717) is 0 Å². The smallest absolute Gasteiger partial charge is 0.123 e. The Balaban J connectivity index is 2.53. The minimum atomic E-state index is -0.184. The molecule has 66 valence electrons. The van der Waals surface area contributed by atoms with Crippen molar-refractivity contribution in [3.63, 3.8) is 0 Å². The van der Waals surface area contributed by atoms with Crippen LogP contribution in [0.15, 0.2) is 36.7 Å². The number of rotatable bonds is 1. The molecule has 13 heavy (non-hydrogen) atoms. The normalized spacial score (nSPS) is 10.3. The molecule has 0 radical (unpaired) electrons. The lowest BCUT2D eigenvalue weighted by Crippen LogP contribution is -1.82. The first-order valence-electron chi connectivity index (χ1n) is 4.17. The number of aryl methyl sites for hydroxylation is 1. The largest absolute Gasteiger partial charge is 0.367 e. The Labute approximate surface area is 76.2 Å². The van der Waals surface area contributed by atoms with Gasteiger partial charge < -0.3 is 4.98 Å². The third-order valence-electron chi connectivity index (χ3n) is 2.10. The van der Waals surface area contributed by atoms with Crippen LogP contribution in [0.1, 0.15) is 5.56 Å². The Bertz CT molecular complexity index is 404. The number of hydrogen-bond donors (Lipinski definition) is 1. The third kappa shape index (κ3) is 1.47. The minimum absolute atomic E-state index is 0.184. The van der Waals surface area contributed by atoms with Crippen LogP contribution in [0.3, 0.4) is 0 Å². The molecule has 0 unspecified atom stereocenters. The molecule has 0 atom stereocenters. The molecule has 0 bridgehead atoms. The summed E-state index contributed by atoms with van der Waals surface area (Å²) >= 11 is 0. The number of aromatic amines is 1. The van der Waals surface area contributed by atoms with Crippen molar-refractivity contribution in [2.45, 2.75) is 6.92 Å². The second kappa shape index (κ2) is 3.05. The molecular weight excluding hydrogens is 165 g/mol. The summed E-state index contributed by atoms with van der Waals surface area (Å²) in [6.07, 6.45) is 3.76. The van der Waals surface area contributed by atoms with Crippen molar-refractivity contribution in [1.82, 2.24) is 4.98 Å². The second-order valence-corrected chi connectivity index (χ2v) is 3.06. The predicted octanol–water partition coefficient (Wildman–Crippen LogP) is 3.13. The summed E-state index contributed by atoms with van der Waals surface area (Å²) in [6.45, 7) is 1.91. The van der Waals surface area contributed by atoms with Crippen molar-refractivity contribution in [3.8, 4) is 11.1 Å². The highest BCUT2D eigenvalue weighted by molar-refractivity contribution is 5.66. The summed E-state index contributed by atoms with van der Waals surface area (Å²) in [5.41, 5.74) is 3.12. The van der Waals surface area contributed by atoms with Crippen molar-refractivity contribution in [2.75, 3.05) is 0 Å². The molecule has 2 aromatic rings. The first kappa shape index (κ1) is 8.05. The lowest BCUT2D eigenvalue weighted by atomic mass is 10.0. The fraction of sp³-hybridized carbons (Fsp3) is 0.0909. The van der Waals surface area contributed by atoms with Crippen LogP contribution in [0.4, 0.5) is 4.39 Å². The zero-order chi connectivity index (χ0) is 9.26. The first-order chi connectivity index (χ1) is 6.27. The number of nitrogens with one attached hydrogen (secondary N) is 1. The van der Waals surface area contributed by atoms with Gasteiger partial charge in [0.1, 0.15) is 5.82 Å². The van der Waals surface area contributed by atoms with Crippen LogP contribution in [0.25, 0.3) is 11.1 Å². The van der Waals surface area contributed by atoms with Crippen molar-refractivity contribution in [2.24, 2.45) is 0 Å². The van der Waals surface area contributed by atoms with E-state index in [1.165, 1.54) is 6.07 Å². The van der Waals surface area contributed by atoms with E-state index < -0.39 is 0 Å². The molecule has 0 spiro atoms. The van der Waals surface area contributed by atoms with E-state index in [4.69, 9.17) is 0 Å². The molecule has 0 aliphatic rings. The molecule has 0 fully saturated rings. The van der Waals surface area contributed by atoms with E-state index in [0.717, 1.165) is 16.7 Å². The van der Waals surface area contributed by atoms with Gasteiger partial charge in [-0.1, -0.05) is 6.07 Å². The van der Waals surface area contributed by atoms with Crippen molar-refractivity contribution >= 4 is 0 Å². The summed E-state index contributed by atoms with van der Waals surface area (Å²) in [5.74, 6) is -0.184. The average Bonchev–Trinajstić information content (AvgIpc) is 2.56. The van der Waals surface area contributed by atoms with E-state index in [9.17, 15) is 4.39 Å². The van der Waals surface area contributed by atoms with Crippen LogP contribution < -0.4 is 0 Å². The molecule has 0 saturated heterocycles. The summed E-state index contributed by atoms with van der Waals surface area (Å²) in [6, 6.07) is 6.80. The third-order valence-corrected chi connectivity index (χ3v) is 2.10. The molecule has 2 heteroatoms. The average molecular weight is 175 g/mol.